The van der Waals surface area contributed by atoms with E-state index in [4.69, 9.17) is 11.6 Å². The third-order valence-electron chi connectivity index (χ3n) is 0.894. The SMILES string of the molecule is S=[C]Nc1cccc(Cl)n1. The van der Waals surface area contributed by atoms with Gasteiger partial charge in [-0.15, -0.1) is 0 Å². The first-order valence-corrected chi connectivity index (χ1v) is 3.37. The fourth-order valence-corrected chi connectivity index (χ4v) is 0.799. The van der Waals surface area contributed by atoms with Gasteiger partial charge in [-0.3, -0.25) is 0 Å². The van der Waals surface area contributed by atoms with E-state index in [1.165, 1.54) is 0 Å². The van der Waals surface area contributed by atoms with Crippen molar-refractivity contribution in [1.29, 1.82) is 0 Å². The molecule has 0 aliphatic heterocycles. The van der Waals surface area contributed by atoms with Gasteiger partial charge in [-0.25, -0.2) is 4.98 Å². The van der Waals surface area contributed by atoms with Crippen LogP contribution in [0, 0.1) is 0 Å². The molecule has 2 nitrogen and oxygen atoms in total. The molecule has 0 saturated carbocycles. The van der Waals surface area contributed by atoms with E-state index in [1.807, 2.05) is 0 Å². The second kappa shape index (κ2) is 3.49. The number of aromatic nitrogens is 1. The van der Waals surface area contributed by atoms with E-state index in [2.05, 4.69) is 28.0 Å². The van der Waals surface area contributed by atoms with Crippen molar-refractivity contribution in [3.05, 3.63) is 23.4 Å². The minimum atomic E-state index is 0.440. The topological polar surface area (TPSA) is 24.9 Å². The molecule has 0 aromatic carbocycles. The first kappa shape index (κ1) is 7.44. The van der Waals surface area contributed by atoms with Crippen molar-refractivity contribution in [2.24, 2.45) is 0 Å². The number of hydrogen-bond acceptors (Lipinski definition) is 2. The lowest BCUT2D eigenvalue weighted by atomic mass is 10.5. The summed E-state index contributed by atoms with van der Waals surface area (Å²) in [5.74, 6) is 0.613. The van der Waals surface area contributed by atoms with Gasteiger partial charge in [0.1, 0.15) is 16.5 Å². The lowest BCUT2D eigenvalue weighted by molar-refractivity contribution is 1.33. The van der Waals surface area contributed by atoms with Crippen molar-refractivity contribution >= 4 is 35.1 Å². The smallest absolute Gasteiger partial charge is 0.140 e. The molecule has 0 unspecified atom stereocenters. The maximum atomic E-state index is 5.57. The van der Waals surface area contributed by atoms with E-state index in [1.54, 1.807) is 18.2 Å². The molecular formula is C6H4ClN2S. The zero-order valence-electron chi connectivity index (χ0n) is 4.97. The highest BCUT2D eigenvalue weighted by Gasteiger charge is 1.90. The normalized spacial score (nSPS) is 8.90. The highest BCUT2D eigenvalue weighted by atomic mass is 35.5. The summed E-state index contributed by atoms with van der Waals surface area (Å²) in [5.41, 5.74) is 2.32. The average Bonchev–Trinajstić information content (AvgIpc) is 1.88. The predicted octanol–water partition coefficient (Wildman–Crippen LogP) is 1.98. The summed E-state index contributed by atoms with van der Waals surface area (Å²) in [6.07, 6.45) is 0. The fraction of sp³-hybridized carbons (Fsp3) is 0. The quantitative estimate of drug-likeness (QED) is 0.419. The minimum Gasteiger partial charge on any atom is -0.329 e. The highest BCUT2D eigenvalue weighted by Crippen LogP contribution is 2.07. The Hall–Kier alpha value is -0.670. The number of thiocarbonyl (C=S) groups is 1. The number of nitrogens with one attached hydrogen (secondary N) is 1. The van der Waals surface area contributed by atoms with Gasteiger partial charge < -0.3 is 5.32 Å². The van der Waals surface area contributed by atoms with E-state index in [0.717, 1.165) is 0 Å². The van der Waals surface area contributed by atoms with E-state index >= 15 is 0 Å². The Morgan fingerprint density at radius 1 is 1.60 bits per heavy atom. The van der Waals surface area contributed by atoms with Crippen molar-refractivity contribution in [3.8, 4) is 0 Å². The Morgan fingerprint density at radius 2 is 2.40 bits per heavy atom. The van der Waals surface area contributed by atoms with Gasteiger partial charge in [0.05, 0.1) is 0 Å². The molecule has 1 heterocycles. The molecular weight excluding hydrogens is 168 g/mol. The minimum absolute atomic E-state index is 0.440. The Bertz CT molecular complexity index is 239. The van der Waals surface area contributed by atoms with Crippen molar-refractivity contribution < 1.29 is 0 Å². The molecule has 0 aliphatic rings. The molecule has 0 fully saturated rings. The molecule has 1 N–H and O–H groups in total. The average molecular weight is 172 g/mol. The van der Waals surface area contributed by atoms with Crippen LogP contribution in [0.3, 0.4) is 0 Å². The lowest BCUT2D eigenvalue weighted by Crippen LogP contribution is -1.93. The van der Waals surface area contributed by atoms with Gasteiger partial charge in [0.25, 0.3) is 0 Å². The van der Waals surface area contributed by atoms with Crippen molar-refractivity contribution in [2.75, 3.05) is 5.32 Å². The van der Waals surface area contributed by atoms with Gasteiger partial charge in [-0.05, 0) is 12.1 Å². The molecule has 1 rings (SSSR count). The summed E-state index contributed by atoms with van der Waals surface area (Å²) >= 11 is 10.0. The van der Waals surface area contributed by atoms with Crippen molar-refractivity contribution in [2.45, 2.75) is 0 Å². The van der Waals surface area contributed by atoms with Gasteiger partial charge in [0.2, 0.25) is 0 Å². The molecule has 10 heavy (non-hydrogen) atoms. The van der Waals surface area contributed by atoms with Crippen LogP contribution in [-0.4, -0.2) is 10.5 Å². The third kappa shape index (κ3) is 1.93. The molecule has 51 valence electrons. The molecule has 0 aliphatic carbocycles. The number of rotatable bonds is 2. The molecule has 0 amide bonds. The number of pyridine rings is 1. The van der Waals surface area contributed by atoms with Crippen LogP contribution in [-0.2, 0) is 0 Å². The van der Waals surface area contributed by atoms with Gasteiger partial charge in [0.15, 0.2) is 0 Å². The number of anilines is 1. The zero-order valence-corrected chi connectivity index (χ0v) is 6.54. The van der Waals surface area contributed by atoms with Gasteiger partial charge in [-0.2, -0.15) is 0 Å². The van der Waals surface area contributed by atoms with Gasteiger partial charge in [0, 0.05) is 0 Å². The highest BCUT2D eigenvalue weighted by molar-refractivity contribution is 7.79. The molecule has 1 radical (unpaired) electrons. The molecule has 4 heteroatoms. The van der Waals surface area contributed by atoms with Crippen LogP contribution in [0.4, 0.5) is 5.82 Å². The van der Waals surface area contributed by atoms with Crippen molar-refractivity contribution in [1.82, 2.24) is 4.98 Å². The van der Waals surface area contributed by atoms with Crippen LogP contribution in [0.1, 0.15) is 0 Å². The van der Waals surface area contributed by atoms with Crippen LogP contribution < -0.4 is 5.32 Å². The third-order valence-corrected chi connectivity index (χ3v) is 1.21. The number of halogens is 1. The molecule has 1 aromatic heterocycles. The van der Waals surface area contributed by atoms with Crippen LogP contribution in [0.25, 0.3) is 0 Å². The Kier molecular flexibility index (Phi) is 2.59. The van der Waals surface area contributed by atoms with Crippen LogP contribution in [0.5, 0.6) is 0 Å². The predicted molar refractivity (Wildman–Crippen MR) is 45.5 cm³/mol. The molecule has 0 atom stereocenters. The van der Waals surface area contributed by atoms with E-state index < -0.39 is 0 Å². The number of nitrogens with zero attached hydrogens (tertiary/aromatic N) is 1. The van der Waals surface area contributed by atoms with Crippen LogP contribution in [0.2, 0.25) is 5.15 Å². The summed E-state index contributed by atoms with van der Waals surface area (Å²) in [7, 11) is 0. The van der Waals surface area contributed by atoms with Gasteiger partial charge >= 0.3 is 0 Å². The molecule has 0 bridgehead atoms. The summed E-state index contributed by atoms with van der Waals surface area (Å²) in [4.78, 5) is 3.89. The Balaban J connectivity index is 2.84. The lowest BCUT2D eigenvalue weighted by Gasteiger charge is -1.95. The second-order valence-corrected chi connectivity index (χ2v) is 2.16. The summed E-state index contributed by atoms with van der Waals surface area (Å²) < 4.78 is 0. The van der Waals surface area contributed by atoms with E-state index in [-0.39, 0.29) is 0 Å². The largest absolute Gasteiger partial charge is 0.329 e. The summed E-state index contributed by atoms with van der Waals surface area (Å²) in [6.45, 7) is 0. The fourth-order valence-electron chi connectivity index (χ4n) is 0.530. The molecule has 1 aromatic rings. The number of hydrogen-bond donors (Lipinski definition) is 1. The Labute approximate surface area is 69.2 Å². The van der Waals surface area contributed by atoms with Crippen molar-refractivity contribution in [3.63, 3.8) is 0 Å². The maximum Gasteiger partial charge on any atom is 0.140 e. The molecule has 0 saturated heterocycles. The van der Waals surface area contributed by atoms with E-state index in [9.17, 15) is 0 Å². The van der Waals surface area contributed by atoms with E-state index in [0.29, 0.717) is 11.0 Å². The zero-order chi connectivity index (χ0) is 7.40. The summed E-state index contributed by atoms with van der Waals surface area (Å²) in [5, 5.41) is 3.06. The standard InChI is InChI=1S/C6H4ClN2S/c7-5-2-1-3-6(9-5)8-4-10/h1-3H,(H,8,9,10). The first-order chi connectivity index (χ1) is 4.83. The Morgan fingerprint density at radius 3 is 3.00 bits per heavy atom. The maximum absolute atomic E-state index is 5.57. The molecule has 0 spiro atoms. The first-order valence-electron chi connectivity index (χ1n) is 2.58. The monoisotopic (exact) mass is 171 g/mol. The summed E-state index contributed by atoms with van der Waals surface area (Å²) in [6, 6.07) is 5.23. The van der Waals surface area contributed by atoms with Crippen LogP contribution >= 0.6 is 23.8 Å². The van der Waals surface area contributed by atoms with Crippen LogP contribution in [0.15, 0.2) is 18.2 Å². The second-order valence-electron chi connectivity index (χ2n) is 1.57. The van der Waals surface area contributed by atoms with Gasteiger partial charge in [-0.1, -0.05) is 29.9 Å².